The Morgan fingerprint density at radius 3 is 2.43 bits per heavy atom. The molecule has 1 atom stereocenters. The zero-order valence-electron chi connectivity index (χ0n) is 22.4. The number of primary amides is 1. The van der Waals surface area contributed by atoms with Gasteiger partial charge in [0.25, 0.3) is 5.91 Å². The third-order valence-corrected chi connectivity index (χ3v) is 6.37. The molecule has 216 valence electrons. The molecule has 0 radical (unpaired) electrons. The highest BCUT2D eigenvalue weighted by Crippen LogP contribution is 2.38. The summed E-state index contributed by atoms with van der Waals surface area (Å²) in [6, 6.07) is 10.4. The van der Waals surface area contributed by atoms with Gasteiger partial charge in [-0.15, -0.1) is 0 Å². The number of rotatable bonds is 8. The van der Waals surface area contributed by atoms with Gasteiger partial charge in [-0.25, -0.2) is 15.0 Å². The van der Waals surface area contributed by atoms with E-state index in [-0.39, 0.29) is 40.3 Å². The Bertz CT molecular complexity index is 1630. The topological polar surface area (TPSA) is 148 Å². The monoisotopic (exact) mass is 578 g/mol. The molecule has 0 aliphatic carbocycles. The summed E-state index contributed by atoms with van der Waals surface area (Å²) in [6.07, 6.45) is -1.19. The summed E-state index contributed by atoms with van der Waals surface area (Å²) in [4.78, 5) is 42.8. The SMILES string of the molecule is CN(C)c1cnc(-c2cc(C(F)(F)F)ccc2Oc2ccc(-c3nc(N[C@H]4CCNC4=O)cc(C(N)=O)n3)cc2)cn1. The minimum Gasteiger partial charge on any atom is -0.457 e. The van der Waals surface area contributed by atoms with Crippen molar-refractivity contribution in [3.8, 4) is 34.1 Å². The number of aromatic nitrogens is 4. The number of hydrogen-bond donors (Lipinski definition) is 3. The van der Waals surface area contributed by atoms with Gasteiger partial charge < -0.3 is 26.0 Å². The highest BCUT2D eigenvalue weighted by atomic mass is 19.4. The van der Waals surface area contributed by atoms with Gasteiger partial charge in [-0.3, -0.25) is 14.6 Å². The summed E-state index contributed by atoms with van der Waals surface area (Å²) in [5.74, 6) is 0.461. The van der Waals surface area contributed by atoms with E-state index in [0.717, 1.165) is 12.1 Å². The number of nitrogens with zero attached hydrogens (tertiary/aromatic N) is 5. The summed E-state index contributed by atoms with van der Waals surface area (Å²) < 4.78 is 46.5. The summed E-state index contributed by atoms with van der Waals surface area (Å²) in [5, 5.41) is 5.71. The van der Waals surface area contributed by atoms with Crippen LogP contribution in [0.15, 0.2) is 60.9 Å². The van der Waals surface area contributed by atoms with Crippen LogP contribution in [0, 0.1) is 0 Å². The van der Waals surface area contributed by atoms with Crippen molar-refractivity contribution < 1.29 is 27.5 Å². The van der Waals surface area contributed by atoms with Crippen LogP contribution in [0.25, 0.3) is 22.6 Å². The predicted molar refractivity (Wildman–Crippen MR) is 148 cm³/mol. The second-order valence-electron chi connectivity index (χ2n) is 9.59. The Balaban J connectivity index is 1.44. The number of nitrogens with one attached hydrogen (secondary N) is 2. The van der Waals surface area contributed by atoms with Crippen LogP contribution in [0.1, 0.15) is 22.5 Å². The summed E-state index contributed by atoms with van der Waals surface area (Å²) in [7, 11) is 3.54. The number of hydrogen-bond acceptors (Lipinski definition) is 9. The van der Waals surface area contributed by atoms with Gasteiger partial charge in [-0.1, -0.05) is 0 Å². The molecule has 1 fully saturated rings. The van der Waals surface area contributed by atoms with E-state index in [1.807, 2.05) is 0 Å². The van der Waals surface area contributed by atoms with Gasteiger partial charge in [0, 0.05) is 37.8 Å². The number of alkyl halides is 3. The van der Waals surface area contributed by atoms with E-state index in [0.29, 0.717) is 30.1 Å². The summed E-state index contributed by atoms with van der Waals surface area (Å²) in [6.45, 7) is 0.521. The highest BCUT2D eigenvalue weighted by Gasteiger charge is 2.32. The molecular weight excluding hydrogens is 553 g/mol. The van der Waals surface area contributed by atoms with E-state index >= 15 is 0 Å². The van der Waals surface area contributed by atoms with Gasteiger partial charge in [0.05, 0.1) is 23.7 Å². The lowest BCUT2D eigenvalue weighted by Crippen LogP contribution is -2.30. The smallest absolute Gasteiger partial charge is 0.416 e. The molecule has 1 aliphatic heterocycles. The molecule has 42 heavy (non-hydrogen) atoms. The second kappa shape index (κ2) is 11.3. The standard InChI is InChI=1S/C28H25F3N8O3/c1-39(2)24-14-34-21(13-35-24)18-11-16(28(29,30)31)5-8-22(18)42-17-6-3-15(4-7-17)26-37-20(25(32)40)12-23(38-26)36-19-9-10-33-27(19)41/h3-8,11-14,19H,9-10H2,1-2H3,(H2,32,40)(H,33,41)(H,36,37,38)/t19-/m0/s1. The molecule has 3 heterocycles. The Morgan fingerprint density at radius 1 is 1.07 bits per heavy atom. The Morgan fingerprint density at radius 2 is 1.83 bits per heavy atom. The molecule has 4 aromatic rings. The summed E-state index contributed by atoms with van der Waals surface area (Å²) >= 11 is 0. The molecule has 1 aliphatic rings. The fourth-order valence-electron chi connectivity index (χ4n) is 4.17. The minimum absolute atomic E-state index is 0.0444. The van der Waals surface area contributed by atoms with Gasteiger partial charge in [0.1, 0.15) is 34.9 Å². The van der Waals surface area contributed by atoms with Gasteiger partial charge in [-0.2, -0.15) is 13.2 Å². The predicted octanol–water partition coefficient (Wildman–Crippen LogP) is 3.88. The van der Waals surface area contributed by atoms with E-state index in [1.165, 1.54) is 24.5 Å². The van der Waals surface area contributed by atoms with Crippen molar-refractivity contribution in [3.63, 3.8) is 0 Å². The molecule has 2 aromatic carbocycles. The number of carbonyl (C=O) groups is 2. The number of amides is 2. The molecule has 5 rings (SSSR count). The lowest BCUT2D eigenvalue weighted by Gasteiger charge is -2.15. The molecule has 0 bridgehead atoms. The Kier molecular flexibility index (Phi) is 7.61. The molecule has 1 saturated heterocycles. The first-order valence-electron chi connectivity index (χ1n) is 12.7. The van der Waals surface area contributed by atoms with E-state index in [4.69, 9.17) is 10.5 Å². The maximum absolute atomic E-state index is 13.5. The molecule has 11 nitrogen and oxygen atoms in total. The van der Waals surface area contributed by atoms with Crippen LogP contribution in [0.2, 0.25) is 0 Å². The third-order valence-electron chi connectivity index (χ3n) is 6.37. The maximum Gasteiger partial charge on any atom is 0.416 e. The van der Waals surface area contributed by atoms with Crippen LogP contribution in [0.4, 0.5) is 24.8 Å². The van der Waals surface area contributed by atoms with Gasteiger partial charge >= 0.3 is 6.18 Å². The number of benzene rings is 2. The largest absolute Gasteiger partial charge is 0.457 e. The molecular formula is C28H25F3N8O3. The van der Waals surface area contributed by atoms with Crippen molar-refractivity contribution in [2.45, 2.75) is 18.6 Å². The molecule has 2 aromatic heterocycles. The number of anilines is 2. The fraction of sp³-hybridized carbons (Fsp3) is 0.214. The van der Waals surface area contributed by atoms with Crippen LogP contribution >= 0.6 is 0 Å². The first-order valence-corrected chi connectivity index (χ1v) is 12.7. The van der Waals surface area contributed by atoms with Crippen LogP contribution in [-0.4, -0.2) is 58.4 Å². The zero-order chi connectivity index (χ0) is 30.0. The van der Waals surface area contributed by atoms with Crippen LogP contribution in [0.3, 0.4) is 0 Å². The number of ether oxygens (including phenoxy) is 1. The third kappa shape index (κ3) is 6.22. The number of carbonyl (C=O) groups excluding carboxylic acids is 2. The van der Waals surface area contributed by atoms with Crippen LogP contribution < -0.4 is 26.0 Å². The van der Waals surface area contributed by atoms with Crippen molar-refractivity contribution in [1.29, 1.82) is 0 Å². The van der Waals surface area contributed by atoms with Gasteiger partial charge in [-0.05, 0) is 48.9 Å². The highest BCUT2D eigenvalue weighted by molar-refractivity contribution is 5.92. The van der Waals surface area contributed by atoms with Gasteiger partial charge in [0.2, 0.25) is 5.91 Å². The van der Waals surface area contributed by atoms with Crippen molar-refractivity contribution in [1.82, 2.24) is 25.3 Å². The van der Waals surface area contributed by atoms with E-state index in [2.05, 4.69) is 30.6 Å². The molecule has 2 amide bonds. The second-order valence-corrected chi connectivity index (χ2v) is 9.59. The van der Waals surface area contributed by atoms with E-state index in [9.17, 15) is 22.8 Å². The zero-order valence-corrected chi connectivity index (χ0v) is 22.4. The van der Waals surface area contributed by atoms with Crippen molar-refractivity contribution in [3.05, 3.63) is 72.2 Å². The van der Waals surface area contributed by atoms with Crippen LogP contribution in [-0.2, 0) is 11.0 Å². The van der Waals surface area contributed by atoms with Crippen molar-refractivity contribution in [2.24, 2.45) is 5.73 Å². The number of halogens is 3. The number of nitrogens with two attached hydrogens (primary N) is 1. The summed E-state index contributed by atoms with van der Waals surface area (Å²) in [5.41, 5.74) is 5.37. The Hall–Kier alpha value is -5.27. The first kappa shape index (κ1) is 28.3. The molecule has 4 N–H and O–H groups in total. The van der Waals surface area contributed by atoms with E-state index < -0.39 is 23.7 Å². The molecule has 0 saturated carbocycles. The van der Waals surface area contributed by atoms with Gasteiger partial charge in [0.15, 0.2) is 5.82 Å². The average molecular weight is 579 g/mol. The average Bonchev–Trinajstić information content (AvgIpc) is 3.36. The maximum atomic E-state index is 13.5. The van der Waals surface area contributed by atoms with Crippen LogP contribution in [0.5, 0.6) is 11.5 Å². The Labute approximate surface area is 238 Å². The molecule has 14 heteroatoms. The normalized spacial score (nSPS) is 14.8. The minimum atomic E-state index is -4.57. The lowest BCUT2D eigenvalue weighted by atomic mass is 10.1. The quantitative estimate of drug-likeness (QED) is 0.283. The lowest BCUT2D eigenvalue weighted by molar-refractivity contribution is -0.137. The van der Waals surface area contributed by atoms with E-state index in [1.54, 1.807) is 43.3 Å². The van der Waals surface area contributed by atoms with Crippen molar-refractivity contribution in [2.75, 3.05) is 30.9 Å². The molecule has 0 unspecified atom stereocenters. The first-order chi connectivity index (χ1) is 20.0. The molecule has 0 spiro atoms. The van der Waals surface area contributed by atoms with Crippen molar-refractivity contribution >= 4 is 23.5 Å². The fourth-order valence-corrected chi connectivity index (χ4v) is 4.17.